The van der Waals surface area contributed by atoms with Gasteiger partial charge in [-0.25, -0.2) is 13.1 Å². The number of hydrogen-bond acceptors (Lipinski definition) is 5. The summed E-state index contributed by atoms with van der Waals surface area (Å²) in [6, 6.07) is 0. The van der Waals surface area contributed by atoms with Crippen LogP contribution >= 0.6 is 24.0 Å². The summed E-state index contributed by atoms with van der Waals surface area (Å²) in [4.78, 5) is 21.0. The largest absolute Gasteiger partial charge is 0.378 e. The molecule has 174 valence electrons. The molecule has 3 aliphatic rings. The molecule has 3 rings (SSSR count). The number of rotatable bonds is 7. The number of morpholine rings is 1. The molecule has 2 heterocycles. The maximum Gasteiger partial charge on any atom is 0.225 e. The Morgan fingerprint density at radius 2 is 1.73 bits per heavy atom. The molecule has 1 aliphatic carbocycles. The number of nitrogens with zero attached hydrogens (tertiary/aromatic N) is 3. The molecule has 3 fully saturated rings. The molecule has 0 radical (unpaired) electrons. The first kappa shape index (κ1) is 25.6. The minimum absolute atomic E-state index is 0. The molecule has 1 saturated carbocycles. The normalized spacial score (nSPS) is 21.7. The van der Waals surface area contributed by atoms with Crippen molar-refractivity contribution in [1.82, 2.24) is 19.8 Å². The maximum absolute atomic E-state index is 12.6. The molecule has 0 aromatic carbocycles. The third-order valence-corrected chi connectivity index (χ3v) is 7.50. The molecule has 0 unspecified atom stereocenters. The molecule has 0 aromatic heterocycles. The first-order chi connectivity index (χ1) is 14.0. The van der Waals surface area contributed by atoms with Gasteiger partial charge >= 0.3 is 0 Å². The molecule has 2 aliphatic heterocycles. The van der Waals surface area contributed by atoms with Crippen molar-refractivity contribution in [2.45, 2.75) is 32.1 Å². The van der Waals surface area contributed by atoms with Gasteiger partial charge in [-0.1, -0.05) is 6.42 Å². The van der Waals surface area contributed by atoms with Crippen LogP contribution in [0.1, 0.15) is 32.1 Å². The van der Waals surface area contributed by atoms with Crippen molar-refractivity contribution in [3.63, 3.8) is 0 Å². The van der Waals surface area contributed by atoms with Crippen molar-refractivity contribution < 1.29 is 17.9 Å². The van der Waals surface area contributed by atoms with Gasteiger partial charge < -0.3 is 19.9 Å². The lowest BCUT2D eigenvalue weighted by atomic mass is 9.86. The number of nitrogens with one attached hydrogen (secondary N) is 2. The zero-order valence-electron chi connectivity index (χ0n) is 17.8. The summed E-state index contributed by atoms with van der Waals surface area (Å²) in [6.45, 7) is 4.98. The Labute approximate surface area is 197 Å². The fourth-order valence-electron chi connectivity index (χ4n) is 4.02. The summed E-state index contributed by atoms with van der Waals surface area (Å²) in [5.41, 5.74) is 0. The average molecular weight is 557 g/mol. The molecular formula is C19H36IN5O4S. The number of aliphatic imine (C=N–C) groups is 1. The number of sulfonamides is 1. The van der Waals surface area contributed by atoms with E-state index >= 15 is 0 Å². The standard InChI is InChI=1S/C19H35N5O4S.HI/c1-20-19(21-7-14-29(26,27)22-15-16-3-2-4-16)24-8-5-17(6-9-24)18(25)23-10-12-28-13-11-23;/h16-17,22H,2-15H2,1H3,(H,20,21);1H. The quantitative estimate of drug-likeness (QED) is 0.268. The Balaban J connectivity index is 0.00000320. The average Bonchev–Trinajstić information content (AvgIpc) is 2.70. The molecule has 1 amide bonds. The first-order valence-corrected chi connectivity index (χ1v) is 12.4. The monoisotopic (exact) mass is 557 g/mol. The molecule has 30 heavy (non-hydrogen) atoms. The van der Waals surface area contributed by atoms with Crippen LogP contribution in [0.4, 0.5) is 0 Å². The van der Waals surface area contributed by atoms with Gasteiger partial charge in [0.05, 0.1) is 19.0 Å². The second kappa shape index (κ2) is 12.4. The third kappa shape index (κ3) is 7.49. The highest BCUT2D eigenvalue weighted by molar-refractivity contribution is 14.0. The lowest BCUT2D eigenvalue weighted by molar-refractivity contribution is -0.140. The van der Waals surface area contributed by atoms with Crippen molar-refractivity contribution in [3.05, 3.63) is 0 Å². The SMILES string of the molecule is CN=C(NCCS(=O)(=O)NCC1CCC1)N1CCC(C(=O)N2CCOCC2)CC1.I. The van der Waals surface area contributed by atoms with E-state index in [2.05, 4.69) is 19.9 Å². The lowest BCUT2D eigenvalue weighted by Gasteiger charge is -2.36. The van der Waals surface area contributed by atoms with Gasteiger partial charge in [0, 0.05) is 52.2 Å². The topological polar surface area (TPSA) is 103 Å². The minimum Gasteiger partial charge on any atom is -0.378 e. The molecule has 0 aromatic rings. The summed E-state index contributed by atoms with van der Waals surface area (Å²) < 4.78 is 32.3. The maximum atomic E-state index is 12.6. The fourth-order valence-corrected chi connectivity index (χ4v) is 5.03. The summed E-state index contributed by atoms with van der Waals surface area (Å²) in [6.07, 6.45) is 5.03. The lowest BCUT2D eigenvalue weighted by Crippen LogP contribution is -2.50. The van der Waals surface area contributed by atoms with Crippen LogP contribution < -0.4 is 10.0 Å². The van der Waals surface area contributed by atoms with E-state index in [0.717, 1.165) is 38.8 Å². The highest BCUT2D eigenvalue weighted by atomic mass is 127. The van der Waals surface area contributed by atoms with Crippen molar-refractivity contribution in [1.29, 1.82) is 0 Å². The highest BCUT2D eigenvalue weighted by Crippen LogP contribution is 2.25. The van der Waals surface area contributed by atoms with Crippen LogP contribution in [0, 0.1) is 11.8 Å². The number of piperidine rings is 1. The Kier molecular flexibility index (Phi) is 10.6. The number of ether oxygens (including phenoxy) is 1. The first-order valence-electron chi connectivity index (χ1n) is 10.8. The van der Waals surface area contributed by atoms with Crippen molar-refractivity contribution >= 4 is 45.9 Å². The van der Waals surface area contributed by atoms with Crippen molar-refractivity contribution in [3.8, 4) is 0 Å². The van der Waals surface area contributed by atoms with Crippen LogP contribution in [0.3, 0.4) is 0 Å². The molecule has 0 spiro atoms. The molecule has 11 heteroatoms. The molecule has 2 N–H and O–H groups in total. The summed E-state index contributed by atoms with van der Waals surface area (Å²) in [5, 5.41) is 3.16. The van der Waals surface area contributed by atoms with Gasteiger partial charge in [0.15, 0.2) is 5.96 Å². The molecular weight excluding hydrogens is 521 g/mol. The van der Waals surface area contributed by atoms with Crippen LogP contribution in [0.15, 0.2) is 4.99 Å². The van der Waals surface area contributed by atoms with Crippen LogP contribution in [0.25, 0.3) is 0 Å². The number of carbonyl (C=O) groups is 1. The van der Waals surface area contributed by atoms with Crippen LogP contribution in [0.5, 0.6) is 0 Å². The third-order valence-electron chi connectivity index (χ3n) is 6.15. The Morgan fingerprint density at radius 1 is 1.07 bits per heavy atom. The predicted octanol–water partition coefficient (Wildman–Crippen LogP) is 0.470. The van der Waals surface area contributed by atoms with Gasteiger partial charge in [-0.2, -0.15) is 0 Å². The van der Waals surface area contributed by atoms with E-state index in [1.807, 2.05) is 4.90 Å². The van der Waals surface area contributed by atoms with E-state index in [1.54, 1.807) is 7.05 Å². The van der Waals surface area contributed by atoms with Gasteiger partial charge in [0.25, 0.3) is 0 Å². The molecule has 0 bridgehead atoms. The number of carbonyl (C=O) groups excluding carboxylic acids is 1. The van der Waals surface area contributed by atoms with Crippen LogP contribution in [-0.4, -0.2) is 95.4 Å². The van der Waals surface area contributed by atoms with E-state index in [0.29, 0.717) is 51.3 Å². The summed E-state index contributed by atoms with van der Waals surface area (Å²) >= 11 is 0. The summed E-state index contributed by atoms with van der Waals surface area (Å²) in [5.74, 6) is 1.53. The number of amides is 1. The van der Waals surface area contributed by atoms with E-state index in [1.165, 1.54) is 6.42 Å². The Hall–Kier alpha value is -0.660. The Bertz CT molecular complexity index is 672. The second-order valence-electron chi connectivity index (χ2n) is 8.14. The smallest absolute Gasteiger partial charge is 0.225 e. The second-order valence-corrected chi connectivity index (χ2v) is 10.1. The van der Waals surface area contributed by atoms with Crippen LogP contribution in [0.2, 0.25) is 0 Å². The number of hydrogen-bond donors (Lipinski definition) is 2. The van der Waals surface area contributed by atoms with Gasteiger partial charge in [-0.15, -0.1) is 24.0 Å². The van der Waals surface area contributed by atoms with E-state index in [-0.39, 0.29) is 41.6 Å². The Morgan fingerprint density at radius 3 is 2.30 bits per heavy atom. The van der Waals surface area contributed by atoms with E-state index < -0.39 is 10.0 Å². The zero-order valence-corrected chi connectivity index (χ0v) is 21.0. The van der Waals surface area contributed by atoms with Gasteiger partial charge in [0.2, 0.25) is 15.9 Å². The number of likely N-dealkylation sites (tertiary alicyclic amines) is 1. The fraction of sp³-hybridized carbons (Fsp3) is 0.895. The number of halogens is 1. The van der Waals surface area contributed by atoms with Gasteiger partial charge in [0.1, 0.15) is 0 Å². The predicted molar refractivity (Wildman–Crippen MR) is 128 cm³/mol. The van der Waals surface area contributed by atoms with E-state index in [9.17, 15) is 13.2 Å². The van der Waals surface area contributed by atoms with Crippen LogP contribution in [-0.2, 0) is 19.6 Å². The van der Waals surface area contributed by atoms with Gasteiger partial charge in [-0.3, -0.25) is 9.79 Å². The van der Waals surface area contributed by atoms with Crippen molar-refractivity contribution in [2.75, 3.05) is 65.3 Å². The molecule has 9 nitrogen and oxygen atoms in total. The van der Waals surface area contributed by atoms with Crippen molar-refractivity contribution in [2.24, 2.45) is 16.8 Å². The highest BCUT2D eigenvalue weighted by Gasteiger charge is 2.30. The minimum atomic E-state index is -3.27. The molecule has 2 saturated heterocycles. The van der Waals surface area contributed by atoms with Gasteiger partial charge in [-0.05, 0) is 31.6 Å². The zero-order chi connectivity index (χ0) is 20.7. The number of guanidine groups is 1. The molecule has 0 atom stereocenters. The van der Waals surface area contributed by atoms with E-state index in [4.69, 9.17) is 4.74 Å². The summed E-state index contributed by atoms with van der Waals surface area (Å²) in [7, 11) is -1.56.